The topological polar surface area (TPSA) is 23.6 Å². The van der Waals surface area contributed by atoms with Gasteiger partial charge >= 0.3 is 6.18 Å². The van der Waals surface area contributed by atoms with E-state index in [1.165, 1.54) is 30.6 Å². The molecule has 22 heavy (non-hydrogen) atoms. The van der Waals surface area contributed by atoms with Gasteiger partial charge in [-0.05, 0) is 12.8 Å². The molecule has 0 spiro atoms. The second kappa shape index (κ2) is 10.1. The van der Waals surface area contributed by atoms with Gasteiger partial charge in [0.1, 0.15) is 0 Å². The van der Waals surface area contributed by atoms with Gasteiger partial charge in [-0.15, -0.1) is 0 Å². The fourth-order valence-electron chi connectivity index (χ4n) is 2.85. The number of carbonyl (C=O) groups excluding carboxylic acids is 1. The molecule has 1 aliphatic rings. The van der Waals surface area contributed by atoms with Crippen LogP contribution in [0.2, 0.25) is 0 Å². The molecule has 1 heterocycles. The Labute approximate surface area is 131 Å². The van der Waals surface area contributed by atoms with Crippen molar-refractivity contribution < 1.29 is 18.0 Å². The second-order valence-electron chi connectivity index (χ2n) is 6.14. The van der Waals surface area contributed by atoms with Crippen LogP contribution in [0.3, 0.4) is 0 Å². The average molecular weight is 322 g/mol. The van der Waals surface area contributed by atoms with Crippen LogP contribution in [0.1, 0.15) is 58.3 Å². The Kier molecular flexibility index (Phi) is 8.83. The van der Waals surface area contributed by atoms with Crippen molar-refractivity contribution in [3.8, 4) is 0 Å². The Morgan fingerprint density at radius 1 is 0.955 bits per heavy atom. The number of nitrogens with zero attached hydrogens (tertiary/aromatic N) is 2. The Bertz CT molecular complexity index is 321. The number of amides is 1. The molecule has 1 rings (SSSR count). The molecule has 0 atom stereocenters. The minimum absolute atomic E-state index is 0.101. The summed E-state index contributed by atoms with van der Waals surface area (Å²) in [6.45, 7) is 3.05. The molecule has 0 radical (unpaired) electrons. The monoisotopic (exact) mass is 322 g/mol. The maximum atomic E-state index is 12.4. The van der Waals surface area contributed by atoms with E-state index in [-0.39, 0.29) is 5.91 Å². The number of rotatable bonds is 8. The summed E-state index contributed by atoms with van der Waals surface area (Å²) in [5.41, 5.74) is 0. The Hall–Kier alpha value is -0.780. The quantitative estimate of drug-likeness (QED) is 0.634. The van der Waals surface area contributed by atoms with Gasteiger partial charge in [-0.1, -0.05) is 39.0 Å². The Morgan fingerprint density at radius 2 is 1.64 bits per heavy atom. The number of halogens is 3. The van der Waals surface area contributed by atoms with E-state index in [9.17, 15) is 18.0 Å². The molecule has 0 aromatic rings. The van der Waals surface area contributed by atoms with Gasteiger partial charge in [0, 0.05) is 32.6 Å². The molecule has 0 bridgehead atoms. The largest absolute Gasteiger partial charge is 0.401 e. The van der Waals surface area contributed by atoms with Crippen LogP contribution < -0.4 is 0 Å². The fraction of sp³-hybridized carbons (Fsp3) is 0.938. The summed E-state index contributed by atoms with van der Waals surface area (Å²) in [4.78, 5) is 15.3. The summed E-state index contributed by atoms with van der Waals surface area (Å²) in [6, 6.07) is 0. The lowest BCUT2D eigenvalue weighted by atomic mass is 10.1. The maximum Gasteiger partial charge on any atom is 0.401 e. The number of unbranched alkanes of at least 4 members (excludes halogenated alkanes) is 5. The molecule has 0 aromatic carbocycles. The van der Waals surface area contributed by atoms with E-state index < -0.39 is 12.7 Å². The van der Waals surface area contributed by atoms with Crippen LogP contribution in [-0.4, -0.2) is 54.6 Å². The zero-order valence-corrected chi connectivity index (χ0v) is 13.6. The maximum absolute atomic E-state index is 12.4. The number of hydrogen-bond acceptors (Lipinski definition) is 2. The van der Waals surface area contributed by atoms with Crippen LogP contribution in [0.5, 0.6) is 0 Å². The molecule has 0 unspecified atom stereocenters. The Balaban J connectivity index is 2.21. The summed E-state index contributed by atoms with van der Waals surface area (Å²) in [6.07, 6.45) is 3.81. The summed E-state index contributed by atoms with van der Waals surface area (Å²) >= 11 is 0. The van der Waals surface area contributed by atoms with Gasteiger partial charge in [-0.25, -0.2) is 0 Å². The van der Waals surface area contributed by atoms with Gasteiger partial charge in [-0.2, -0.15) is 13.2 Å². The average Bonchev–Trinajstić information content (AvgIpc) is 2.66. The first-order valence-corrected chi connectivity index (χ1v) is 8.49. The Morgan fingerprint density at radius 3 is 2.32 bits per heavy atom. The first-order chi connectivity index (χ1) is 10.4. The fourth-order valence-corrected chi connectivity index (χ4v) is 2.85. The minimum atomic E-state index is -4.16. The SMILES string of the molecule is CCCCCCCCC(=O)N1CCCN(CC(F)(F)F)CC1. The van der Waals surface area contributed by atoms with E-state index in [4.69, 9.17) is 0 Å². The van der Waals surface area contributed by atoms with E-state index in [0.717, 1.165) is 12.8 Å². The lowest BCUT2D eigenvalue weighted by Gasteiger charge is -2.22. The van der Waals surface area contributed by atoms with Crippen LogP contribution in [0.4, 0.5) is 13.2 Å². The normalized spacial score (nSPS) is 17.5. The third-order valence-corrected chi connectivity index (χ3v) is 4.09. The zero-order chi connectivity index (χ0) is 16.4. The second-order valence-corrected chi connectivity index (χ2v) is 6.14. The highest BCUT2D eigenvalue weighted by atomic mass is 19.4. The standard InChI is InChI=1S/C16H29F3N2O/c1-2-3-4-5-6-7-9-15(22)21-11-8-10-20(12-13-21)14-16(17,18)19/h2-14H2,1H3. The lowest BCUT2D eigenvalue weighted by Crippen LogP contribution is -2.38. The van der Waals surface area contributed by atoms with E-state index in [1.807, 2.05) is 0 Å². The van der Waals surface area contributed by atoms with Crippen molar-refractivity contribution in [3.05, 3.63) is 0 Å². The van der Waals surface area contributed by atoms with Crippen molar-refractivity contribution in [2.45, 2.75) is 64.5 Å². The molecule has 6 heteroatoms. The van der Waals surface area contributed by atoms with Crippen molar-refractivity contribution in [2.24, 2.45) is 0 Å². The molecule has 1 saturated heterocycles. The molecule has 0 aromatic heterocycles. The van der Waals surface area contributed by atoms with Gasteiger partial charge in [0.2, 0.25) is 5.91 Å². The molecule has 0 saturated carbocycles. The van der Waals surface area contributed by atoms with Crippen molar-refractivity contribution in [1.82, 2.24) is 9.80 Å². The highest BCUT2D eigenvalue weighted by molar-refractivity contribution is 5.76. The molecule has 1 fully saturated rings. The predicted molar refractivity (Wildman–Crippen MR) is 81.7 cm³/mol. The lowest BCUT2D eigenvalue weighted by molar-refractivity contribution is -0.145. The number of hydrogen-bond donors (Lipinski definition) is 0. The van der Waals surface area contributed by atoms with E-state index >= 15 is 0 Å². The smallest absolute Gasteiger partial charge is 0.341 e. The van der Waals surface area contributed by atoms with Crippen molar-refractivity contribution in [1.29, 1.82) is 0 Å². The van der Waals surface area contributed by atoms with Crippen LogP contribution in [0.25, 0.3) is 0 Å². The summed E-state index contributed by atoms with van der Waals surface area (Å²) in [5, 5.41) is 0. The van der Waals surface area contributed by atoms with Crippen LogP contribution >= 0.6 is 0 Å². The minimum Gasteiger partial charge on any atom is -0.341 e. The zero-order valence-electron chi connectivity index (χ0n) is 13.6. The summed E-state index contributed by atoms with van der Waals surface area (Å²) < 4.78 is 37.2. The molecule has 3 nitrogen and oxygen atoms in total. The molecule has 1 amide bonds. The third kappa shape index (κ3) is 8.61. The number of carbonyl (C=O) groups is 1. The van der Waals surface area contributed by atoms with Crippen molar-refractivity contribution in [2.75, 3.05) is 32.7 Å². The molecule has 0 aliphatic carbocycles. The molecular weight excluding hydrogens is 293 g/mol. The first-order valence-electron chi connectivity index (χ1n) is 8.49. The first kappa shape index (κ1) is 19.3. The van der Waals surface area contributed by atoms with Gasteiger partial charge in [0.25, 0.3) is 0 Å². The molecule has 0 N–H and O–H groups in total. The van der Waals surface area contributed by atoms with Crippen molar-refractivity contribution in [3.63, 3.8) is 0 Å². The van der Waals surface area contributed by atoms with E-state index in [0.29, 0.717) is 39.0 Å². The van der Waals surface area contributed by atoms with Gasteiger partial charge in [0.15, 0.2) is 0 Å². The number of alkyl halides is 3. The van der Waals surface area contributed by atoms with Gasteiger partial charge in [-0.3, -0.25) is 9.69 Å². The summed E-state index contributed by atoms with van der Waals surface area (Å²) in [7, 11) is 0. The molecule has 1 aliphatic heterocycles. The highest BCUT2D eigenvalue weighted by Crippen LogP contribution is 2.18. The van der Waals surface area contributed by atoms with E-state index in [1.54, 1.807) is 4.90 Å². The van der Waals surface area contributed by atoms with Crippen LogP contribution in [0.15, 0.2) is 0 Å². The van der Waals surface area contributed by atoms with Gasteiger partial charge < -0.3 is 4.90 Å². The van der Waals surface area contributed by atoms with Crippen LogP contribution in [0, 0.1) is 0 Å². The van der Waals surface area contributed by atoms with E-state index in [2.05, 4.69) is 6.92 Å². The van der Waals surface area contributed by atoms with Crippen molar-refractivity contribution >= 4 is 5.91 Å². The highest BCUT2D eigenvalue weighted by Gasteiger charge is 2.31. The summed E-state index contributed by atoms with van der Waals surface area (Å²) in [5.74, 6) is 0.101. The predicted octanol–water partition coefficient (Wildman–Crippen LogP) is 3.83. The van der Waals surface area contributed by atoms with Gasteiger partial charge in [0.05, 0.1) is 6.54 Å². The molecular formula is C16H29F3N2O. The third-order valence-electron chi connectivity index (χ3n) is 4.09. The van der Waals surface area contributed by atoms with Crippen LogP contribution in [-0.2, 0) is 4.79 Å². The molecule has 130 valence electrons.